The molecule has 0 radical (unpaired) electrons. The van der Waals surface area contributed by atoms with E-state index in [0.717, 1.165) is 12.3 Å². The summed E-state index contributed by atoms with van der Waals surface area (Å²) in [6.07, 6.45) is -2.88. The number of aliphatic hydroxyl groups is 7. The molecular formula is C16H34O7. The molecule has 0 aromatic rings. The van der Waals surface area contributed by atoms with Crippen molar-refractivity contribution in [2.24, 2.45) is 17.8 Å². The van der Waals surface area contributed by atoms with Gasteiger partial charge in [-0.1, -0.05) is 27.2 Å². The van der Waals surface area contributed by atoms with Gasteiger partial charge in [0.05, 0.1) is 19.3 Å². The fourth-order valence-electron chi connectivity index (χ4n) is 2.82. The van der Waals surface area contributed by atoms with Crippen molar-refractivity contribution in [3.63, 3.8) is 0 Å². The Morgan fingerprint density at radius 2 is 1.30 bits per heavy atom. The van der Waals surface area contributed by atoms with E-state index in [1.807, 2.05) is 0 Å². The third-order valence-electron chi connectivity index (χ3n) is 4.50. The van der Waals surface area contributed by atoms with Gasteiger partial charge in [0.2, 0.25) is 0 Å². The van der Waals surface area contributed by atoms with E-state index in [1.54, 1.807) is 0 Å². The highest BCUT2D eigenvalue weighted by Gasteiger charge is 2.29. The minimum Gasteiger partial charge on any atom is -0.394 e. The normalized spacial score (nSPS) is 30.1. The van der Waals surface area contributed by atoms with Crippen LogP contribution >= 0.6 is 0 Å². The van der Waals surface area contributed by atoms with Gasteiger partial charge in [0.15, 0.2) is 0 Å². The molecule has 0 aliphatic heterocycles. The van der Waals surface area contributed by atoms with E-state index in [1.165, 1.54) is 12.8 Å². The fraction of sp³-hybridized carbons (Fsp3) is 1.00. The minimum absolute atomic E-state index is 0.0289. The molecule has 1 aliphatic carbocycles. The molecule has 0 bridgehead atoms. The molecule has 1 aliphatic rings. The van der Waals surface area contributed by atoms with E-state index >= 15 is 0 Å². The third-order valence-corrected chi connectivity index (χ3v) is 4.50. The van der Waals surface area contributed by atoms with Crippen LogP contribution in [-0.4, -0.2) is 79.5 Å². The first kappa shape index (κ1) is 22.7. The standard InChI is InChI=1S/C10H20O.C6H14O6/c1-7(2)9-5-4-8(3)6-10(9)11;7-1-3(9)5(11)6(12)4(10)2-8/h7-11H,4-6H2,1-3H3;3-12H,1-2H2/t;3-,4-,5-,6-/m.1/s1. The van der Waals surface area contributed by atoms with Gasteiger partial charge in [-0.05, 0) is 30.6 Å². The number of aliphatic hydroxyl groups excluding tert-OH is 7. The Morgan fingerprint density at radius 1 is 0.870 bits per heavy atom. The number of hydrogen-bond acceptors (Lipinski definition) is 7. The molecule has 0 aromatic heterocycles. The second-order valence-corrected chi connectivity index (χ2v) is 6.87. The van der Waals surface area contributed by atoms with Crippen LogP contribution in [0.2, 0.25) is 0 Å². The summed E-state index contributed by atoms with van der Waals surface area (Å²) in [6, 6.07) is 0. The predicted octanol–water partition coefficient (Wildman–Crippen LogP) is -1.15. The number of rotatable bonds is 6. The average Bonchev–Trinajstić information content (AvgIpc) is 2.51. The van der Waals surface area contributed by atoms with E-state index < -0.39 is 37.6 Å². The molecule has 7 N–H and O–H groups in total. The molecule has 0 aromatic carbocycles. The van der Waals surface area contributed by atoms with Crippen LogP contribution < -0.4 is 0 Å². The van der Waals surface area contributed by atoms with Gasteiger partial charge in [0.25, 0.3) is 0 Å². The molecule has 1 fully saturated rings. The predicted molar refractivity (Wildman–Crippen MR) is 85.5 cm³/mol. The highest BCUT2D eigenvalue weighted by molar-refractivity contribution is 4.80. The van der Waals surface area contributed by atoms with Crippen LogP contribution in [0.5, 0.6) is 0 Å². The quantitative estimate of drug-likeness (QED) is 0.324. The Kier molecular flexibility index (Phi) is 11.2. The van der Waals surface area contributed by atoms with Crippen LogP contribution in [0.4, 0.5) is 0 Å². The molecule has 7 heteroatoms. The highest BCUT2D eigenvalue weighted by atomic mass is 16.4. The smallest absolute Gasteiger partial charge is 0.111 e. The Labute approximate surface area is 138 Å². The summed E-state index contributed by atoms with van der Waals surface area (Å²) in [4.78, 5) is 0. The Morgan fingerprint density at radius 3 is 1.61 bits per heavy atom. The van der Waals surface area contributed by atoms with Crippen molar-refractivity contribution in [1.29, 1.82) is 0 Å². The topological polar surface area (TPSA) is 142 Å². The molecule has 0 spiro atoms. The monoisotopic (exact) mass is 338 g/mol. The van der Waals surface area contributed by atoms with Crippen LogP contribution in [0.3, 0.4) is 0 Å². The van der Waals surface area contributed by atoms with Crippen molar-refractivity contribution in [2.75, 3.05) is 13.2 Å². The van der Waals surface area contributed by atoms with E-state index in [0.29, 0.717) is 11.8 Å². The van der Waals surface area contributed by atoms with E-state index in [4.69, 9.17) is 30.6 Å². The molecule has 1 saturated carbocycles. The van der Waals surface area contributed by atoms with E-state index in [9.17, 15) is 5.11 Å². The maximum Gasteiger partial charge on any atom is 0.111 e. The summed E-state index contributed by atoms with van der Waals surface area (Å²) >= 11 is 0. The second-order valence-electron chi connectivity index (χ2n) is 6.87. The van der Waals surface area contributed by atoms with Gasteiger partial charge in [0, 0.05) is 0 Å². The zero-order valence-corrected chi connectivity index (χ0v) is 14.3. The van der Waals surface area contributed by atoms with Crippen molar-refractivity contribution in [3.8, 4) is 0 Å². The average molecular weight is 338 g/mol. The van der Waals surface area contributed by atoms with Crippen LogP contribution in [0, 0.1) is 17.8 Å². The van der Waals surface area contributed by atoms with Crippen molar-refractivity contribution in [3.05, 3.63) is 0 Å². The summed E-state index contributed by atoms with van der Waals surface area (Å²) in [6.45, 7) is 5.21. The van der Waals surface area contributed by atoms with Gasteiger partial charge in [-0.25, -0.2) is 0 Å². The van der Waals surface area contributed by atoms with Gasteiger partial charge in [-0.15, -0.1) is 0 Å². The molecule has 0 saturated heterocycles. The first-order chi connectivity index (χ1) is 10.6. The zero-order chi connectivity index (χ0) is 18.2. The summed E-state index contributed by atoms with van der Waals surface area (Å²) in [5.41, 5.74) is 0. The molecular weight excluding hydrogens is 304 g/mol. The Bertz CT molecular complexity index is 286. The van der Waals surface area contributed by atoms with Gasteiger partial charge in [-0.3, -0.25) is 0 Å². The van der Waals surface area contributed by atoms with Crippen LogP contribution in [0.1, 0.15) is 40.0 Å². The lowest BCUT2D eigenvalue weighted by Crippen LogP contribution is -2.46. The number of hydrogen-bond donors (Lipinski definition) is 7. The molecule has 3 unspecified atom stereocenters. The summed E-state index contributed by atoms with van der Waals surface area (Å²) < 4.78 is 0. The summed E-state index contributed by atoms with van der Waals surface area (Å²) in [5.74, 6) is 1.95. The molecule has 7 atom stereocenters. The largest absolute Gasteiger partial charge is 0.394 e. The lowest BCUT2D eigenvalue weighted by atomic mass is 9.75. The molecule has 1 rings (SSSR count). The first-order valence-electron chi connectivity index (χ1n) is 8.27. The summed E-state index contributed by atoms with van der Waals surface area (Å²) in [7, 11) is 0. The maximum absolute atomic E-state index is 9.71. The van der Waals surface area contributed by atoms with Crippen molar-refractivity contribution in [2.45, 2.75) is 70.6 Å². The SMILES string of the molecule is CC1CCC(C(C)C)C(O)C1.OC[C@@H](O)[C@@H](O)[C@H](O)[C@H](O)CO. The van der Waals surface area contributed by atoms with Crippen molar-refractivity contribution < 1.29 is 35.7 Å². The van der Waals surface area contributed by atoms with Crippen LogP contribution in [0.15, 0.2) is 0 Å². The fourth-order valence-corrected chi connectivity index (χ4v) is 2.82. The van der Waals surface area contributed by atoms with Crippen molar-refractivity contribution in [1.82, 2.24) is 0 Å². The Balaban J connectivity index is 0.000000422. The van der Waals surface area contributed by atoms with Gasteiger partial charge in [0.1, 0.15) is 24.4 Å². The van der Waals surface area contributed by atoms with E-state index in [-0.39, 0.29) is 6.10 Å². The first-order valence-corrected chi connectivity index (χ1v) is 8.27. The molecule has 140 valence electrons. The maximum atomic E-state index is 9.71. The van der Waals surface area contributed by atoms with Crippen LogP contribution in [-0.2, 0) is 0 Å². The van der Waals surface area contributed by atoms with Gasteiger partial charge < -0.3 is 35.7 Å². The lowest BCUT2D eigenvalue weighted by Gasteiger charge is -2.33. The van der Waals surface area contributed by atoms with Crippen LogP contribution in [0.25, 0.3) is 0 Å². The lowest BCUT2D eigenvalue weighted by molar-refractivity contribution is -0.123. The summed E-state index contributed by atoms with van der Waals surface area (Å²) in [5, 5.41) is 61.9. The molecule has 0 heterocycles. The Hall–Kier alpha value is -0.280. The third kappa shape index (κ3) is 7.89. The zero-order valence-electron chi connectivity index (χ0n) is 14.3. The minimum atomic E-state index is -1.67. The second kappa shape index (κ2) is 11.3. The van der Waals surface area contributed by atoms with Gasteiger partial charge in [-0.2, -0.15) is 0 Å². The molecule has 23 heavy (non-hydrogen) atoms. The molecule has 7 nitrogen and oxygen atoms in total. The van der Waals surface area contributed by atoms with E-state index in [2.05, 4.69) is 20.8 Å². The van der Waals surface area contributed by atoms with Gasteiger partial charge >= 0.3 is 0 Å². The highest BCUT2D eigenvalue weighted by Crippen LogP contribution is 2.33. The van der Waals surface area contributed by atoms with Crippen molar-refractivity contribution >= 4 is 0 Å². The molecule has 0 amide bonds.